The molecule has 144 valence electrons. The first-order chi connectivity index (χ1) is 13.0. The predicted molar refractivity (Wildman–Crippen MR) is 103 cm³/mol. The van der Waals surface area contributed by atoms with Crippen molar-refractivity contribution in [2.75, 3.05) is 39.8 Å². The van der Waals surface area contributed by atoms with Crippen LogP contribution in [0.15, 0.2) is 42.7 Å². The molecule has 1 aliphatic heterocycles. The first-order valence-corrected chi connectivity index (χ1v) is 9.28. The fourth-order valence-corrected chi connectivity index (χ4v) is 3.31. The molecule has 0 bridgehead atoms. The monoisotopic (exact) mass is 369 g/mol. The Bertz CT molecular complexity index is 766. The second-order valence-electron chi connectivity index (χ2n) is 7.02. The Morgan fingerprint density at radius 2 is 1.74 bits per heavy atom. The molecule has 2 aromatic rings. The molecule has 3 rings (SSSR count). The van der Waals surface area contributed by atoms with Crippen molar-refractivity contribution < 1.29 is 9.59 Å². The molecular weight excluding hydrogens is 342 g/mol. The summed E-state index contributed by atoms with van der Waals surface area (Å²) >= 11 is 0. The summed E-state index contributed by atoms with van der Waals surface area (Å²) in [5.74, 6) is 1.11. The average molecular weight is 369 g/mol. The number of hydrogen-bond donors (Lipinski definition) is 0. The van der Waals surface area contributed by atoms with Crippen LogP contribution in [-0.4, -0.2) is 75.8 Å². The van der Waals surface area contributed by atoms with Crippen molar-refractivity contribution in [3.05, 3.63) is 54.1 Å². The van der Waals surface area contributed by atoms with E-state index in [1.54, 1.807) is 18.0 Å². The number of piperazine rings is 1. The van der Waals surface area contributed by atoms with Crippen LogP contribution in [0.25, 0.3) is 0 Å². The molecule has 0 aliphatic carbocycles. The molecule has 1 saturated heterocycles. The van der Waals surface area contributed by atoms with Gasteiger partial charge in [0.1, 0.15) is 5.82 Å². The van der Waals surface area contributed by atoms with Crippen molar-refractivity contribution in [3.8, 4) is 0 Å². The summed E-state index contributed by atoms with van der Waals surface area (Å²) in [6.07, 6.45) is 3.77. The van der Waals surface area contributed by atoms with Crippen LogP contribution in [0, 0.1) is 0 Å². The number of hydrogen-bond acceptors (Lipinski definition) is 4. The molecule has 2 amide bonds. The molecule has 7 heteroatoms. The van der Waals surface area contributed by atoms with E-state index < -0.39 is 0 Å². The first-order valence-electron chi connectivity index (χ1n) is 9.28. The Kier molecular flexibility index (Phi) is 6.24. The van der Waals surface area contributed by atoms with E-state index in [2.05, 4.69) is 21.7 Å². The van der Waals surface area contributed by atoms with Crippen molar-refractivity contribution in [2.45, 2.75) is 20.0 Å². The van der Waals surface area contributed by atoms with E-state index in [4.69, 9.17) is 0 Å². The number of imidazole rings is 1. The highest BCUT2D eigenvalue weighted by Crippen LogP contribution is 2.08. The fourth-order valence-electron chi connectivity index (χ4n) is 3.31. The molecule has 7 nitrogen and oxygen atoms in total. The Hall–Kier alpha value is -2.67. The molecule has 1 aromatic carbocycles. The number of carbonyl (C=O) groups is 2. The minimum absolute atomic E-state index is 0.0736. The molecule has 0 radical (unpaired) electrons. The number of carbonyl (C=O) groups excluding carboxylic acids is 2. The van der Waals surface area contributed by atoms with Gasteiger partial charge in [0.2, 0.25) is 11.8 Å². The Balaban J connectivity index is 1.51. The molecule has 0 unspecified atom stereocenters. The summed E-state index contributed by atoms with van der Waals surface area (Å²) in [6, 6.07) is 10.3. The summed E-state index contributed by atoms with van der Waals surface area (Å²) in [5, 5.41) is 0. The highest BCUT2D eigenvalue weighted by Gasteiger charge is 2.23. The van der Waals surface area contributed by atoms with Gasteiger partial charge in [-0.2, -0.15) is 0 Å². The standard InChI is InChI=1S/C20H27N5O2/c1-17(26)23-10-12-24(13-11-23)20(27)16-22(2)15-19-21-8-9-25(19)14-18-6-4-3-5-7-18/h3-9H,10-16H2,1-2H3. The van der Waals surface area contributed by atoms with E-state index in [9.17, 15) is 9.59 Å². The lowest BCUT2D eigenvalue weighted by molar-refractivity contribution is -0.139. The summed E-state index contributed by atoms with van der Waals surface area (Å²) < 4.78 is 2.11. The Morgan fingerprint density at radius 1 is 1.07 bits per heavy atom. The highest BCUT2D eigenvalue weighted by molar-refractivity contribution is 5.79. The van der Waals surface area contributed by atoms with Gasteiger partial charge in [0.15, 0.2) is 0 Å². The highest BCUT2D eigenvalue weighted by atomic mass is 16.2. The SMILES string of the molecule is CC(=O)N1CCN(C(=O)CN(C)Cc2nccn2Cc2ccccc2)CC1. The van der Waals surface area contributed by atoms with Gasteiger partial charge in [-0.1, -0.05) is 30.3 Å². The molecule has 1 aliphatic rings. The smallest absolute Gasteiger partial charge is 0.236 e. The summed E-state index contributed by atoms with van der Waals surface area (Å²) in [6.45, 7) is 5.74. The summed E-state index contributed by atoms with van der Waals surface area (Å²) in [4.78, 5) is 34.0. The third-order valence-electron chi connectivity index (χ3n) is 4.89. The molecule has 0 N–H and O–H groups in total. The molecule has 1 aromatic heterocycles. The van der Waals surface area contributed by atoms with Gasteiger partial charge in [0.25, 0.3) is 0 Å². The lowest BCUT2D eigenvalue weighted by atomic mass is 10.2. The van der Waals surface area contributed by atoms with E-state index in [0.29, 0.717) is 39.3 Å². The maximum absolute atomic E-state index is 12.5. The Labute approximate surface area is 160 Å². The molecule has 1 fully saturated rings. The van der Waals surface area contributed by atoms with Crippen LogP contribution < -0.4 is 0 Å². The van der Waals surface area contributed by atoms with Crippen LogP contribution in [-0.2, 0) is 22.7 Å². The molecule has 0 spiro atoms. The Morgan fingerprint density at radius 3 is 2.41 bits per heavy atom. The number of benzene rings is 1. The van der Waals surface area contributed by atoms with Crippen LogP contribution in [0.4, 0.5) is 0 Å². The van der Waals surface area contributed by atoms with Crippen LogP contribution in [0.3, 0.4) is 0 Å². The van der Waals surface area contributed by atoms with E-state index in [0.717, 1.165) is 12.4 Å². The zero-order chi connectivity index (χ0) is 19.2. The minimum Gasteiger partial charge on any atom is -0.339 e. The lowest BCUT2D eigenvalue weighted by Gasteiger charge is -2.35. The molecule has 0 atom stereocenters. The zero-order valence-corrected chi connectivity index (χ0v) is 16.0. The second-order valence-corrected chi connectivity index (χ2v) is 7.02. The molecular formula is C20H27N5O2. The molecule has 2 heterocycles. The van der Waals surface area contributed by atoms with Crippen LogP contribution in [0.5, 0.6) is 0 Å². The molecule has 27 heavy (non-hydrogen) atoms. The topological polar surface area (TPSA) is 61.7 Å². The van der Waals surface area contributed by atoms with Gasteiger partial charge in [-0.25, -0.2) is 4.98 Å². The average Bonchev–Trinajstić information content (AvgIpc) is 3.09. The van der Waals surface area contributed by atoms with E-state index in [-0.39, 0.29) is 11.8 Å². The van der Waals surface area contributed by atoms with Gasteiger partial charge < -0.3 is 14.4 Å². The number of likely N-dealkylation sites (N-methyl/N-ethyl adjacent to an activating group) is 1. The number of rotatable bonds is 6. The maximum Gasteiger partial charge on any atom is 0.236 e. The van der Waals surface area contributed by atoms with Gasteiger partial charge in [0.05, 0.1) is 13.1 Å². The minimum atomic E-state index is 0.0736. The third-order valence-corrected chi connectivity index (χ3v) is 4.89. The second kappa shape index (κ2) is 8.81. The van der Waals surface area contributed by atoms with Crippen molar-refractivity contribution >= 4 is 11.8 Å². The van der Waals surface area contributed by atoms with Crippen molar-refractivity contribution in [1.29, 1.82) is 0 Å². The van der Waals surface area contributed by atoms with Gasteiger partial charge in [-0.3, -0.25) is 14.5 Å². The quantitative estimate of drug-likeness (QED) is 0.764. The van der Waals surface area contributed by atoms with E-state index >= 15 is 0 Å². The summed E-state index contributed by atoms with van der Waals surface area (Å²) in [7, 11) is 1.94. The third kappa shape index (κ3) is 5.17. The number of aromatic nitrogens is 2. The largest absolute Gasteiger partial charge is 0.339 e. The van der Waals surface area contributed by atoms with Crippen molar-refractivity contribution in [3.63, 3.8) is 0 Å². The van der Waals surface area contributed by atoms with Crippen molar-refractivity contribution in [1.82, 2.24) is 24.3 Å². The van der Waals surface area contributed by atoms with Crippen LogP contribution >= 0.6 is 0 Å². The van der Waals surface area contributed by atoms with Gasteiger partial charge in [-0.05, 0) is 12.6 Å². The van der Waals surface area contributed by atoms with Gasteiger partial charge in [-0.15, -0.1) is 0 Å². The van der Waals surface area contributed by atoms with Gasteiger partial charge >= 0.3 is 0 Å². The summed E-state index contributed by atoms with van der Waals surface area (Å²) in [5.41, 5.74) is 1.22. The van der Waals surface area contributed by atoms with Crippen molar-refractivity contribution in [2.24, 2.45) is 0 Å². The van der Waals surface area contributed by atoms with Gasteiger partial charge in [0, 0.05) is 52.0 Å². The maximum atomic E-state index is 12.5. The number of amides is 2. The fraction of sp³-hybridized carbons (Fsp3) is 0.450. The zero-order valence-electron chi connectivity index (χ0n) is 16.0. The predicted octanol–water partition coefficient (Wildman–Crippen LogP) is 1.05. The van der Waals surface area contributed by atoms with E-state index in [1.165, 1.54) is 5.56 Å². The number of nitrogens with zero attached hydrogens (tertiary/aromatic N) is 5. The lowest BCUT2D eigenvalue weighted by Crippen LogP contribution is -2.51. The molecule has 0 saturated carbocycles. The van der Waals surface area contributed by atoms with Crippen LogP contribution in [0.2, 0.25) is 0 Å². The van der Waals surface area contributed by atoms with E-state index in [1.807, 2.05) is 41.2 Å². The first kappa shape index (κ1) is 19.1. The normalized spacial score (nSPS) is 14.6. The van der Waals surface area contributed by atoms with Crippen LogP contribution in [0.1, 0.15) is 18.3 Å².